The molecule has 0 aromatic heterocycles. The third kappa shape index (κ3) is 3.69. The number of carbonyl (C=O) groups is 1. The van der Waals surface area contributed by atoms with Crippen LogP contribution in [0.1, 0.15) is 29.7 Å². The van der Waals surface area contributed by atoms with Crippen LogP contribution in [0.3, 0.4) is 0 Å². The second-order valence-corrected chi connectivity index (χ2v) is 8.37. The van der Waals surface area contributed by atoms with Crippen LogP contribution in [0.2, 0.25) is 0 Å². The highest BCUT2D eigenvalue weighted by Gasteiger charge is 2.27. The van der Waals surface area contributed by atoms with E-state index in [0.29, 0.717) is 0 Å². The number of rotatable bonds is 5. The molecule has 4 aromatic rings. The Morgan fingerprint density at radius 3 is 2.53 bits per heavy atom. The van der Waals surface area contributed by atoms with Crippen LogP contribution in [0.25, 0.3) is 10.8 Å². The zero-order valence-corrected chi connectivity index (χ0v) is 18.1. The Kier molecular flexibility index (Phi) is 5.28. The van der Waals surface area contributed by atoms with E-state index < -0.39 is 6.09 Å². The number of carboxylic acid groups (broad SMARTS) is 1. The van der Waals surface area contributed by atoms with Gasteiger partial charge in [-0.3, -0.25) is 4.90 Å². The van der Waals surface area contributed by atoms with Gasteiger partial charge >= 0.3 is 6.09 Å². The van der Waals surface area contributed by atoms with Gasteiger partial charge in [-0.15, -0.1) is 0 Å². The van der Waals surface area contributed by atoms with Crippen molar-refractivity contribution < 1.29 is 9.90 Å². The van der Waals surface area contributed by atoms with Crippen LogP contribution in [0.15, 0.2) is 91.0 Å². The summed E-state index contributed by atoms with van der Waals surface area (Å²) in [6.45, 7) is 3.77. The first-order valence-corrected chi connectivity index (χ1v) is 11.0. The molecule has 1 aliphatic rings. The predicted molar refractivity (Wildman–Crippen MR) is 131 cm³/mol. The SMILES string of the molecule is C[C@@H](c1cccc2ccccc12)N(C(=O)O)c1ccc2c(c1)CCN2Cc1ccccc1. The molecule has 1 atom stereocenters. The van der Waals surface area contributed by atoms with Gasteiger partial charge in [0.05, 0.1) is 6.04 Å². The highest BCUT2D eigenvalue weighted by atomic mass is 16.4. The van der Waals surface area contributed by atoms with Gasteiger partial charge in [0.1, 0.15) is 0 Å². The van der Waals surface area contributed by atoms with Crippen molar-refractivity contribution in [3.8, 4) is 0 Å². The van der Waals surface area contributed by atoms with Crippen LogP contribution in [0, 0.1) is 0 Å². The van der Waals surface area contributed by atoms with E-state index in [9.17, 15) is 9.90 Å². The average molecular weight is 423 g/mol. The van der Waals surface area contributed by atoms with Gasteiger partial charge in [0, 0.05) is 24.5 Å². The molecule has 4 heteroatoms. The van der Waals surface area contributed by atoms with Gasteiger partial charge in [-0.1, -0.05) is 72.8 Å². The Balaban J connectivity index is 1.47. The van der Waals surface area contributed by atoms with Gasteiger partial charge in [-0.2, -0.15) is 0 Å². The van der Waals surface area contributed by atoms with Crippen molar-refractivity contribution >= 4 is 28.2 Å². The fraction of sp³-hybridized carbons (Fsp3) is 0.179. The van der Waals surface area contributed by atoms with E-state index in [2.05, 4.69) is 59.5 Å². The normalized spacial score (nSPS) is 13.7. The third-order valence-corrected chi connectivity index (χ3v) is 6.42. The van der Waals surface area contributed by atoms with Crippen LogP contribution in [0.4, 0.5) is 16.2 Å². The molecule has 160 valence electrons. The summed E-state index contributed by atoms with van der Waals surface area (Å²) < 4.78 is 0. The second-order valence-electron chi connectivity index (χ2n) is 8.37. The van der Waals surface area contributed by atoms with Crippen molar-refractivity contribution in [2.24, 2.45) is 0 Å². The lowest BCUT2D eigenvalue weighted by atomic mass is 9.98. The predicted octanol–water partition coefficient (Wildman–Crippen LogP) is 6.65. The Morgan fingerprint density at radius 2 is 1.72 bits per heavy atom. The molecule has 4 nitrogen and oxygen atoms in total. The maximum absolute atomic E-state index is 12.4. The van der Waals surface area contributed by atoms with Gasteiger partial charge in [-0.05, 0) is 59.0 Å². The minimum Gasteiger partial charge on any atom is -0.465 e. The van der Waals surface area contributed by atoms with Gasteiger partial charge in [0.25, 0.3) is 0 Å². The van der Waals surface area contributed by atoms with Crippen molar-refractivity contribution in [2.45, 2.75) is 25.9 Å². The van der Waals surface area contributed by atoms with E-state index in [1.165, 1.54) is 21.7 Å². The smallest absolute Gasteiger partial charge is 0.412 e. The first kappa shape index (κ1) is 20.1. The number of hydrogen-bond donors (Lipinski definition) is 1. The molecular weight excluding hydrogens is 396 g/mol. The monoisotopic (exact) mass is 422 g/mol. The van der Waals surface area contributed by atoms with Gasteiger partial charge in [0.15, 0.2) is 0 Å². The number of nitrogens with zero attached hydrogens (tertiary/aromatic N) is 2. The molecule has 0 fully saturated rings. The Morgan fingerprint density at radius 1 is 0.969 bits per heavy atom. The standard InChI is InChI=1S/C28H26N2O2/c1-20(25-13-7-11-22-10-5-6-12-26(22)25)30(28(31)32)24-14-15-27-23(18-24)16-17-29(27)19-21-8-3-2-4-9-21/h2-15,18,20H,16-17,19H2,1H3,(H,31,32)/t20-/m0/s1. The number of hydrogen-bond acceptors (Lipinski definition) is 2. The minimum atomic E-state index is -0.940. The molecule has 4 aromatic carbocycles. The number of fused-ring (bicyclic) bond motifs is 2. The van der Waals surface area contributed by atoms with Crippen molar-refractivity contribution in [1.29, 1.82) is 0 Å². The highest BCUT2D eigenvalue weighted by Crippen LogP contribution is 2.36. The third-order valence-electron chi connectivity index (χ3n) is 6.42. The summed E-state index contributed by atoms with van der Waals surface area (Å²) in [4.78, 5) is 16.2. The van der Waals surface area contributed by atoms with Crippen molar-refractivity contribution in [3.05, 3.63) is 108 Å². The molecule has 0 aliphatic carbocycles. The summed E-state index contributed by atoms with van der Waals surface area (Å²) in [7, 11) is 0. The fourth-order valence-corrected chi connectivity index (χ4v) is 4.83. The van der Waals surface area contributed by atoms with E-state index in [1.807, 2.05) is 43.3 Å². The van der Waals surface area contributed by atoms with Crippen LogP contribution >= 0.6 is 0 Å². The molecule has 0 radical (unpaired) electrons. The molecule has 0 unspecified atom stereocenters. The summed E-state index contributed by atoms with van der Waals surface area (Å²) in [5.41, 5.74) is 5.41. The molecule has 0 bridgehead atoms. The first-order chi connectivity index (χ1) is 15.6. The van der Waals surface area contributed by atoms with E-state index in [-0.39, 0.29) is 6.04 Å². The van der Waals surface area contributed by atoms with Crippen LogP contribution in [-0.4, -0.2) is 17.7 Å². The van der Waals surface area contributed by atoms with Crippen molar-refractivity contribution in [3.63, 3.8) is 0 Å². The Labute approximate surface area is 188 Å². The fourth-order valence-electron chi connectivity index (χ4n) is 4.83. The minimum absolute atomic E-state index is 0.307. The van der Waals surface area contributed by atoms with E-state index >= 15 is 0 Å². The average Bonchev–Trinajstić information content (AvgIpc) is 3.21. The zero-order chi connectivity index (χ0) is 22.1. The Hall–Kier alpha value is -3.79. The maximum atomic E-state index is 12.4. The molecule has 0 saturated heterocycles. The molecule has 1 amide bonds. The molecule has 0 saturated carbocycles. The summed E-state index contributed by atoms with van der Waals surface area (Å²) in [5.74, 6) is 0. The summed E-state index contributed by atoms with van der Waals surface area (Å²) in [5, 5.41) is 12.3. The molecule has 5 rings (SSSR count). The lowest BCUT2D eigenvalue weighted by molar-refractivity contribution is 0.199. The number of benzene rings is 4. The maximum Gasteiger partial charge on any atom is 0.412 e. The quantitative estimate of drug-likeness (QED) is 0.392. The number of anilines is 2. The van der Waals surface area contributed by atoms with Gasteiger partial charge in [0.2, 0.25) is 0 Å². The molecule has 1 N–H and O–H groups in total. The molecular formula is C28H26N2O2. The largest absolute Gasteiger partial charge is 0.465 e. The Bertz CT molecular complexity index is 1260. The highest BCUT2D eigenvalue weighted by molar-refractivity contribution is 5.91. The lowest BCUT2D eigenvalue weighted by Crippen LogP contribution is -2.32. The van der Waals surface area contributed by atoms with Gasteiger partial charge in [-0.25, -0.2) is 4.79 Å². The van der Waals surface area contributed by atoms with Crippen LogP contribution < -0.4 is 9.80 Å². The zero-order valence-electron chi connectivity index (χ0n) is 18.1. The second kappa shape index (κ2) is 8.39. The molecule has 1 heterocycles. The van der Waals surface area contributed by atoms with E-state index in [4.69, 9.17) is 0 Å². The molecule has 0 spiro atoms. The van der Waals surface area contributed by atoms with E-state index in [0.717, 1.165) is 41.5 Å². The van der Waals surface area contributed by atoms with E-state index in [1.54, 1.807) is 0 Å². The van der Waals surface area contributed by atoms with Gasteiger partial charge < -0.3 is 10.0 Å². The van der Waals surface area contributed by atoms with Crippen LogP contribution in [0.5, 0.6) is 0 Å². The lowest BCUT2D eigenvalue weighted by Gasteiger charge is -2.28. The molecule has 1 aliphatic heterocycles. The summed E-state index contributed by atoms with van der Waals surface area (Å²) in [6, 6.07) is 30.4. The summed E-state index contributed by atoms with van der Waals surface area (Å²) >= 11 is 0. The van der Waals surface area contributed by atoms with Crippen molar-refractivity contribution in [2.75, 3.05) is 16.3 Å². The van der Waals surface area contributed by atoms with Crippen molar-refractivity contribution in [1.82, 2.24) is 0 Å². The number of amides is 1. The summed E-state index contributed by atoms with van der Waals surface area (Å²) in [6.07, 6.45) is -0.0175. The topological polar surface area (TPSA) is 43.8 Å². The molecule has 32 heavy (non-hydrogen) atoms. The van der Waals surface area contributed by atoms with Crippen LogP contribution in [-0.2, 0) is 13.0 Å². The first-order valence-electron chi connectivity index (χ1n) is 11.0.